The van der Waals surface area contributed by atoms with E-state index in [-0.39, 0.29) is 0 Å². The van der Waals surface area contributed by atoms with Crippen molar-refractivity contribution in [2.45, 2.75) is 41.5 Å². The highest BCUT2D eigenvalue weighted by Crippen LogP contribution is 2.25. The summed E-state index contributed by atoms with van der Waals surface area (Å²) < 4.78 is 0. The summed E-state index contributed by atoms with van der Waals surface area (Å²) in [6.45, 7) is 16.3. The highest BCUT2D eigenvalue weighted by molar-refractivity contribution is 5.78. The predicted molar refractivity (Wildman–Crippen MR) is 84.9 cm³/mol. The Morgan fingerprint density at radius 2 is 1.72 bits per heavy atom. The second-order valence-corrected chi connectivity index (χ2v) is 4.26. The maximum atomic E-state index is 3.72. The molecular formula is C18H26. The third-order valence-electron chi connectivity index (χ3n) is 2.83. The van der Waals surface area contributed by atoms with Gasteiger partial charge in [-0.1, -0.05) is 62.4 Å². The van der Waals surface area contributed by atoms with Crippen molar-refractivity contribution < 1.29 is 0 Å². The summed E-state index contributed by atoms with van der Waals surface area (Å²) in [4.78, 5) is 0. The Kier molecular flexibility index (Phi) is 7.78. The zero-order valence-corrected chi connectivity index (χ0v) is 12.7. The van der Waals surface area contributed by atoms with Gasteiger partial charge in [0, 0.05) is 0 Å². The maximum Gasteiger partial charge on any atom is -0.0153 e. The topological polar surface area (TPSA) is 0 Å². The maximum absolute atomic E-state index is 3.72. The first-order valence-electron chi connectivity index (χ1n) is 6.61. The molecule has 0 nitrogen and oxygen atoms in total. The molecule has 0 atom stereocenters. The molecule has 0 amide bonds. The van der Waals surface area contributed by atoms with Crippen molar-refractivity contribution >= 4 is 5.57 Å². The molecule has 0 heteroatoms. The van der Waals surface area contributed by atoms with Gasteiger partial charge >= 0.3 is 0 Å². The van der Waals surface area contributed by atoms with Crippen LogP contribution in [-0.2, 0) is 0 Å². The summed E-state index contributed by atoms with van der Waals surface area (Å²) in [5.74, 6) is 0. The molecule has 0 bridgehead atoms. The van der Waals surface area contributed by atoms with Crippen molar-refractivity contribution in [3.63, 3.8) is 0 Å². The number of allylic oxidation sites excluding steroid dienone is 5. The van der Waals surface area contributed by atoms with Gasteiger partial charge in [-0.05, 0) is 50.0 Å². The monoisotopic (exact) mass is 242 g/mol. The molecule has 0 spiro atoms. The second kappa shape index (κ2) is 8.52. The van der Waals surface area contributed by atoms with E-state index in [1.807, 2.05) is 26.0 Å². The minimum Gasteiger partial charge on any atom is -0.0991 e. The molecule has 0 aliphatic carbocycles. The van der Waals surface area contributed by atoms with Crippen LogP contribution in [0.15, 0.2) is 48.6 Å². The van der Waals surface area contributed by atoms with E-state index in [0.29, 0.717) is 0 Å². The second-order valence-electron chi connectivity index (χ2n) is 4.26. The first-order valence-corrected chi connectivity index (χ1v) is 6.61. The van der Waals surface area contributed by atoms with E-state index >= 15 is 0 Å². The molecule has 0 saturated heterocycles. The van der Waals surface area contributed by atoms with Crippen LogP contribution < -0.4 is 0 Å². The fourth-order valence-corrected chi connectivity index (χ4v) is 1.73. The molecule has 0 aliphatic rings. The standard InChI is InChI=1S/C16H20.C2H6/c1-6-7-10-15(12(2)3)16-11-8-9-13(4)14(16)5;1-2/h6-11H,1H2,2-5H3;1-2H3/b10-7-;. The summed E-state index contributed by atoms with van der Waals surface area (Å²) in [6, 6.07) is 6.44. The van der Waals surface area contributed by atoms with E-state index in [0.717, 1.165) is 0 Å². The summed E-state index contributed by atoms with van der Waals surface area (Å²) in [7, 11) is 0. The Hall–Kier alpha value is -1.56. The SMILES string of the molecule is C=C/C=C\C(=C(C)C)c1cccc(C)c1C.CC. The highest BCUT2D eigenvalue weighted by atomic mass is 14.1. The third-order valence-corrected chi connectivity index (χ3v) is 2.83. The molecule has 0 N–H and O–H groups in total. The van der Waals surface area contributed by atoms with Crippen LogP contribution in [0.3, 0.4) is 0 Å². The number of aryl methyl sites for hydroxylation is 1. The number of hydrogen-bond donors (Lipinski definition) is 0. The number of hydrogen-bond acceptors (Lipinski definition) is 0. The summed E-state index contributed by atoms with van der Waals surface area (Å²) in [5.41, 5.74) is 6.63. The van der Waals surface area contributed by atoms with Gasteiger partial charge in [-0.3, -0.25) is 0 Å². The molecule has 1 rings (SSSR count). The summed E-state index contributed by atoms with van der Waals surface area (Å²) in [5, 5.41) is 0. The van der Waals surface area contributed by atoms with Crippen LogP contribution in [0.4, 0.5) is 0 Å². The quantitative estimate of drug-likeness (QED) is 0.582. The van der Waals surface area contributed by atoms with E-state index in [2.05, 4.69) is 58.5 Å². The molecule has 98 valence electrons. The third kappa shape index (κ3) is 4.37. The van der Waals surface area contributed by atoms with Crippen molar-refractivity contribution in [1.82, 2.24) is 0 Å². The van der Waals surface area contributed by atoms with Crippen LogP contribution >= 0.6 is 0 Å². The van der Waals surface area contributed by atoms with Gasteiger partial charge in [-0.2, -0.15) is 0 Å². The zero-order valence-electron chi connectivity index (χ0n) is 12.7. The molecule has 0 aromatic heterocycles. The van der Waals surface area contributed by atoms with Gasteiger partial charge in [0.05, 0.1) is 0 Å². The highest BCUT2D eigenvalue weighted by Gasteiger charge is 2.05. The molecule has 0 aliphatic heterocycles. The van der Waals surface area contributed by atoms with E-state index < -0.39 is 0 Å². The normalized spacial score (nSPS) is 9.67. The Balaban J connectivity index is 0.00000137. The first kappa shape index (κ1) is 16.4. The van der Waals surface area contributed by atoms with Crippen molar-refractivity contribution in [3.8, 4) is 0 Å². The minimum atomic E-state index is 1.29. The Morgan fingerprint density at radius 1 is 1.11 bits per heavy atom. The Bertz CT molecular complexity index is 441. The van der Waals surface area contributed by atoms with E-state index in [1.165, 1.54) is 27.8 Å². The van der Waals surface area contributed by atoms with Crippen molar-refractivity contribution in [2.24, 2.45) is 0 Å². The zero-order chi connectivity index (χ0) is 14.1. The van der Waals surface area contributed by atoms with Crippen LogP contribution in [0.1, 0.15) is 44.4 Å². The molecule has 0 unspecified atom stereocenters. The molecule has 18 heavy (non-hydrogen) atoms. The van der Waals surface area contributed by atoms with Crippen LogP contribution in [0.25, 0.3) is 5.57 Å². The van der Waals surface area contributed by atoms with E-state index in [4.69, 9.17) is 0 Å². The number of benzene rings is 1. The van der Waals surface area contributed by atoms with Crippen LogP contribution in [0.2, 0.25) is 0 Å². The lowest BCUT2D eigenvalue weighted by atomic mass is 9.94. The van der Waals surface area contributed by atoms with Gasteiger partial charge in [-0.15, -0.1) is 0 Å². The lowest BCUT2D eigenvalue weighted by molar-refractivity contribution is 1.30. The van der Waals surface area contributed by atoms with Crippen LogP contribution in [0.5, 0.6) is 0 Å². The smallest absolute Gasteiger partial charge is 0.0153 e. The van der Waals surface area contributed by atoms with Gasteiger partial charge in [-0.25, -0.2) is 0 Å². The lowest BCUT2D eigenvalue weighted by Crippen LogP contribution is -1.91. The van der Waals surface area contributed by atoms with Crippen molar-refractivity contribution in [1.29, 1.82) is 0 Å². The molecule has 1 aromatic rings. The Morgan fingerprint density at radius 3 is 2.22 bits per heavy atom. The minimum absolute atomic E-state index is 1.29. The van der Waals surface area contributed by atoms with Gasteiger partial charge < -0.3 is 0 Å². The van der Waals surface area contributed by atoms with Crippen LogP contribution in [0, 0.1) is 13.8 Å². The lowest BCUT2D eigenvalue weighted by Gasteiger charge is -2.11. The molecule has 0 fully saturated rings. The average molecular weight is 242 g/mol. The van der Waals surface area contributed by atoms with Crippen LogP contribution in [-0.4, -0.2) is 0 Å². The summed E-state index contributed by atoms with van der Waals surface area (Å²) >= 11 is 0. The molecular weight excluding hydrogens is 216 g/mol. The fraction of sp³-hybridized carbons (Fsp3) is 0.333. The fourth-order valence-electron chi connectivity index (χ4n) is 1.73. The average Bonchev–Trinajstić information content (AvgIpc) is 2.37. The first-order chi connectivity index (χ1) is 8.57. The molecule has 0 radical (unpaired) electrons. The van der Waals surface area contributed by atoms with E-state index in [1.54, 1.807) is 0 Å². The van der Waals surface area contributed by atoms with E-state index in [9.17, 15) is 0 Å². The van der Waals surface area contributed by atoms with Gasteiger partial charge in [0.1, 0.15) is 0 Å². The predicted octanol–water partition coefficient (Wildman–Crippen LogP) is 5.87. The van der Waals surface area contributed by atoms with Crippen molar-refractivity contribution in [2.75, 3.05) is 0 Å². The van der Waals surface area contributed by atoms with Gasteiger partial charge in [0.25, 0.3) is 0 Å². The summed E-state index contributed by atoms with van der Waals surface area (Å²) in [6.07, 6.45) is 5.93. The molecule has 0 heterocycles. The van der Waals surface area contributed by atoms with Gasteiger partial charge in [0.2, 0.25) is 0 Å². The Labute approximate surface area is 113 Å². The van der Waals surface area contributed by atoms with Crippen molar-refractivity contribution in [3.05, 3.63) is 65.3 Å². The largest absolute Gasteiger partial charge is 0.0991 e. The molecule has 1 aromatic carbocycles. The molecule has 0 saturated carbocycles. The number of rotatable bonds is 3. The van der Waals surface area contributed by atoms with Gasteiger partial charge in [0.15, 0.2) is 0 Å².